The molecule has 28 heavy (non-hydrogen) atoms. The first-order valence-corrected chi connectivity index (χ1v) is 9.52. The Kier molecular flexibility index (Phi) is 6.97. The van der Waals surface area contributed by atoms with Crippen LogP contribution in [0.25, 0.3) is 11.6 Å². The number of halogens is 1. The van der Waals surface area contributed by atoms with Crippen LogP contribution < -0.4 is 5.32 Å². The lowest BCUT2D eigenvalue weighted by Gasteiger charge is -2.22. The van der Waals surface area contributed by atoms with Gasteiger partial charge in [-0.3, -0.25) is 9.98 Å². The van der Waals surface area contributed by atoms with Crippen molar-refractivity contribution >= 4 is 17.6 Å². The van der Waals surface area contributed by atoms with Crippen molar-refractivity contribution in [3.63, 3.8) is 0 Å². The number of nitrogens with zero attached hydrogens (tertiary/aromatic N) is 5. The third-order valence-corrected chi connectivity index (χ3v) is 4.38. The second-order valence-corrected chi connectivity index (χ2v) is 6.57. The van der Waals surface area contributed by atoms with Crippen LogP contribution in [-0.4, -0.2) is 46.1 Å². The number of guanidine groups is 1. The molecule has 1 N–H and O–H groups in total. The van der Waals surface area contributed by atoms with Crippen molar-refractivity contribution in [1.29, 1.82) is 0 Å². The van der Waals surface area contributed by atoms with Crippen molar-refractivity contribution in [2.45, 2.75) is 19.9 Å². The lowest BCUT2D eigenvalue weighted by atomic mass is 10.2. The van der Waals surface area contributed by atoms with Gasteiger partial charge in [-0.25, -0.2) is 0 Å². The molecule has 1 aromatic carbocycles. The fourth-order valence-corrected chi connectivity index (χ4v) is 2.83. The molecule has 7 nitrogen and oxygen atoms in total. The highest BCUT2D eigenvalue weighted by atomic mass is 35.5. The van der Waals surface area contributed by atoms with Crippen LogP contribution in [-0.2, 0) is 13.0 Å². The first-order chi connectivity index (χ1) is 13.7. The van der Waals surface area contributed by atoms with Crippen molar-refractivity contribution in [2.24, 2.45) is 4.99 Å². The number of hydrogen-bond donors (Lipinski definition) is 1. The van der Waals surface area contributed by atoms with E-state index in [4.69, 9.17) is 16.1 Å². The number of hydrogen-bond acceptors (Lipinski definition) is 5. The molecule has 0 atom stereocenters. The molecule has 0 bridgehead atoms. The fraction of sp³-hybridized carbons (Fsp3) is 0.300. The van der Waals surface area contributed by atoms with Crippen LogP contribution in [0, 0.1) is 0 Å². The summed E-state index contributed by atoms with van der Waals surface area (Å²) >= 11 is 6.27. The molecule has 146 valence electrons. The van der Waals surface area contributed by atoms with Gasteiger partial charge in [-0.05, 0) is 30.7 Å². The second kappa shape index (κ2) is 9.85. The lowest BCUT2D eigenvalue weighted by molar-refractivity contribution is 0.421. The summed E-state index contributed by atoms with van der Waals surface area (Å²) in [4.78, 5) is 15.3. The topological polar surface area (TPSA) is 79.4 Å². The predicted molar refractivity (Wildman–Crippen MR) is 110 cm³/mol. The maximum Gasteiger partial charge on any atom is 0.276 e. The minimum atomic E-state index is 0.419. The van der Waals surface area contributed by atoms with Gasteiger partial charge in [-0.15, -0.1) is 0 Å². The molecule has 0 amide bonds. The first kappa shape index (κ1) is 19.8. The smallest absolute Gasteiger partial charge is 0.276 e. The highest BCUT2D eigenvalue weighted by molar-refractivity contribution is 6.31. The van der Waals surface area contributed by atoms with Gasteiger partial charge < -0.3 is 14.7 Å². The summed E-state index contributed by atoms with van der Waals surface area (Å²) in [7, 11) is 1.98. The van der Waals surface area contributed by atoms with Crippen LogP contribution in [0.4, 0.5) is 0 Å². The number of pyridine rings is 1. The minimum absolute atomic E-state index is 0.419. The van der Waals surface area contributed by atoms with E-state index < -0.39 is 0 Å². The van der Waals surface area contributed by atoms with E-state index >= 15 is 0 Å². The number of aliphatic imine (C=N–C) groups is 1. The first-order valence-electron chi connectivity index (χ1n) is 9.14. The Labute approximate surface area is 169 Å². The van der Waals surface area contributed by atoms with E-state index in [-0.39, 0.29) is 0 Å². The fourth-order valence-electron chi connectivity index (χ4n) is 2.64. The molecular formula is C20H23ClN6O. The molecule has 8 heteroatoms. The van der Waals surface area contributed by atoms with E-state index in [1.54, 1.807) is 6.20 Å². The van der Waals surface area contributed by atoms with Gasteiger partial charge in [0.05, 0.1) is 0 Å². The lowest BCUT2D eigenvalue weighted by Crippen LogP contribution is -2.38. The molecule has 3 aromatic rings. The third-order valence-electron chi connectivity index (χ3n) is 4.01. The van der Waals surface area contributed by atoms with Gasteiger partial charge in [0.25, 0.3) is 5.89 Å². The van der Waals surface area contributed by atoms with Crippen LogP contribution >= 0.6 is 11.6 Å². The van der Waals surface area contributed by atoms with Crippen molar-refractivity contribution in [3.8, 4) is 11.6 Å². The van der Waals surface area contributed by atoms with Crippen molar-refractivity contribution < 1.29 is 4.52 Å². The van der Waals surface area contributed by atoms with Crippen LogP contribution in [0.3, 0.4) is 0 Å². The Morgan fingerprint density at radius 2 is 2.04 bits per heavy atom. The van der Waals surface area contributed by atoms with Gasteiger partial charge in [0.2, 0.25) is 0 Å². The summed E-state index contributed by atoms with van der Waals surface area (Å²) in [6.07, 6.45) is 2.27. The molecule has 0 saturated carbocycles. The van der Waals surface area contributed by atoms with E-state index in [9.17, 15) is 0 Å². The molecule has 2 aromatic heterocycles. The Morgan fingerprint density at radius 1 is 1.21 bits per heavy atom. The third kappa shape index (κ3) is 5.29. The Bertz CT molecular complexity index is 912. The second-order valence-electron chi connectivity index (χ2n) is 6.16. The molecule has 2 heterocycles. The maximum atomic E-state index is 6.27. The zero-order chi connectivity index (χ0) is 19.8. The molecule has 0 unspecified atom stereocenters. The molecule has 0 aliphatic heterocycles. The monoisotopic (exact) mass is 398 g/mol. The predicted octanol–water partition coefficient (Wildman–Crippen LogP) is 3.43. The van der Waals surface area contributed by atoms with E-state index in [0.717, 1.165) is 23.1 Å². The minimum Gasteiger partial charge on any atom is -0.357 e. The Hall–Kier alpha value is -2.93. The summed E-state index contributed by atoms with van der Waals surface area (Å²) in [6.45, 7) is 4.02. The summed E-state index contributed by atoms with van der Waals surface area (Å²) in [5.74, 6) is 1.83. The number of benzene rings is 1. The Balaban J connectivity index is 1.61. The average molecular weight is 399 g/mol. The standard InChI is InChI=1S/C20H23ClN6O/c1-3-22-20(27(2)14-15-8-4-5-9-16(15)21)24-13-11-18-25-19(28-26-18)17-10-6-7-12-23-17/h4-10,12H,3,11,13-14H2,1-2H3,(H,22,24). The van der Waals surface area contributed by atoms with Gasteiger partial charge in [-0.2, -0.15) is 4.98 Å². The number of aromatic nitrogens is 3. The number of rotatable bonds is 7. The van der Waals surface area contributed by atoms with E-state index in [1.807, 2.05) is 61.3 Å². The Morgan fingerprint density at radius 3 is 2.79 bits per heavy atom. The largest absolute Gasteiger partial charge is 0.357 e. The van der Waals surface area contributed by atoms with Crippen molar-refractivity contribution in [1.82, 2.24) is 25.3 Å². The van der Waals surface area contributed by atoms with Gasteiger partial charge in [-0.1, -0.05) is 41.0 Å². The quantitative estimate of drug-likeness (QED) is 0.485. The van der Waals surface area contributed by atoms with Crippen LogP contribution in [0.2, 0.25) is 5.02 Å². The summed E-state index contributed by atoms with van der Waals surface area (Å²) < 4.78 is 5.28. The molecule has 0 aliphatic carbocycles. The van der Waals surface area contributed by atoms with E-state index in [1.165, 1.54) is 0 Å². The SMILES string of the molecule is CCNC(=NCCc1noc(-c2ccccn2)n1)N(C)Cc1ccccc1Cl. The molecule has 0 radical (unpaired) electrons. The summed E-state index contributed by atoms with van der Waals surface area (Å²) in [5, 5.41) is 8.06. The molecule has 3 rings (SSSR count). The molecule has 0 spiro atoms. The molecule has 0 aliphatic rings. The molecular weight excluding hydrogens is 376 g/mol. The highest BCUT2D eigenvalue weighted by Crippen LogP contribution is 2.16. The molecule has 0 fully saturated rings. The zero-order valence-corrected chi connectivity index (χ0v) is 16.7. The van der Waals surface area contributed by atoms with E-state index in [2.05, 4.69) is 25.4 Å². The molecule has 0 saturated heterocycles. The highest BCUT2D eigenvalue weighted by Gasteiger charge is 2.11. The van der Waals surface area contributed by atoms with Gasteiger partial charge in [0.1, 0.15) is 5.69 Å². The van der Waals surface area contributed by atoms with Crippen LogP contribution in [0.5, 0.6) is 0 Å². The van der Waals surface area contributed by atoms with Crippen molar-refractivity contribution in [3.05, 3.63) is 65.1 Å². The van der Waals surface area contributed by atoms with Crippen molar-refractivity contribution in [2.75, 3.05) is 20.1 Å². The van der Waals surface area contributed by atoms with Gasteiger partial charge >= 0.3 is 0 Å². The maximum absolute atomic E-state index is 6.27. The number of nitrogens with one attached hydrogen (secondary N) is 1. The zero-order valence-electron chi connectivity index (χ0n) is 16.0. The van der Waals surface area contributed by atoms with Gasteiger partial charge in [0, 0.05) is 44.3 Å². The summed E-state index contributed by atoms with van der Waals surface area (Å²) in [5.41, 5.74) is 1.72. The van der Waals surface area contributed by atoms with E-state index in [0.29, 0.717) is 36.9 Å². The van der Waals surface area contributed by atoms with Crippen LogP contribution in [0.1, 0.15) is 18.3 Å². The normalized spacial score (nSPS) is 11.5. The summed E-state index contributed by atoms with van der Waals surface area (Å²) in [6, 6.07) is 13.4. The van der Waals surface area contributed by atoms with Crippen LogP contribution in [0.15, 0.2) is 58.2 Å². The van der Waals surface area contributed by atoms with Gasteiger partial charge in [0.15, 0.2) is 11.8 Å². The average Bonchev–Trinajstić information content (AvgIpc) is 3.19.